The molecule has 0 bridgehead atoms. The maximum atomic E-state index is 13.4. The first-order valence-corrected chi connectivity index (χ1v) is 13.2. The Hall–Kier alpha value is -4.59. The molecule has 1 unspecified atom stereocenters. The summed E-state index contributed by atoms with van der Waals surface area (Å²) in [7, 11) is 0. The van der Waals surface area contributed by atoms with E-state index in [1.54, 1.807) is 30.0 Å². The number of hydrogen-bond acceptors (Lipinski definition) is 4. The third-order valence-corrected chi connectivity index (χ3v) is 6.39. The highest BCUT2D eigenvalue weighted by molar-refractivity contribution is 6.05. The van der Waals surface area contributed by atoms with E-state index in [1.165, 1.54) is 0 Å². The van der Waals surface area contributed by atoms with Crippen LogP contribution in [0.1, 0.15) is 49.4 Å². The van der Waals surface area contributed by atoms with Crippen molar-refractivity contribution in [3.63, 3.8) is 0 Å². The molecule has 1 atom stereocenters. The average molecular weight is 527 g/mol. The number of ether oxygens (including phenoxy) is 1. The van der Waals surface area contributed by atoms with Gasteiger partial charge in [-0.25, -0.2) is 14.4 Å². The first-order valence-electron chi connectivity index (χ1n) is 13.2. The summed E-state index contributed by atoms with van der Waals surface area (Å²) in [5, 5.41) is 8.66. The Morgan fingerprint density at radius 2 is 1.64 bits per heavy atom. The Kier molecular flexibility index (Phi) is 8.99. The molecule has 4 amide bonds. The largest absolute Gasteiger partial charge is 0.463 e. The minimum absolute atomic E-state index is 0.195. The Labute approximate surface area is 229 Å². The molecule has 8 nitrogen and oxygen atoms in total. The summed E-state index contributed by atoms with van der Waals surface area (Å²) < 4.78 is 5.49. The third kappa shape index (κ3) is 6.65. The van der Waals surface area contributed by atoms with Crippen molar-refractivity contribution in [1.82, 2.24) is 10.2 Å². The van der Waals surface area contributed by atoms with Gasteiger partial charge in [0, 0.05) is 17.9 Å². The molecule has 0 aromatic heterocycles. The molecule has 0 saturated carbocycles. The monoisotopic (exact) mass is 526 g/mol. The number of unbranched alkanes of at least 4 members (excludes halogenated alkanes) is 1. The van der Waals surface area contributed by atoms with E-state index < -0.39 is 18.0 Å². The standard InChI is InChI=1S/C31H34N4O4/c1-4-6-19-35-28(22-11-8-7-9-12-22)26(29(36)39-5-2)27(34-31(35)38)23-13-10-14-25(20-23)33-30(37)32-24-17-15-21(3)16-18-24/h7-18,20,27H,4-6,19H2,1-3H3,(H,34,38)(H2,32,33,37). The van der Waals surface area contributed by atoms with E-state index in [9.17, 15) is 14.4 Å². The van der Waals surface area contributed by atoms with Crippen LogP contribution in [0.2, 0.25) is 0 Å². The predicted molar refractivity (Wildman–Crippen MR) is 153 cm³/mol. The number of aryl methyl sites for hydroxylation is 1. The van der Waals surface area contributed by atoms with Crippen LogP contribution >= 0.6 is 0 Å². The van der Waals surface area contributed by atoms with Crippen molar-refractivity contribution in [2.24, 2.45) is 0 Å². The smallest absolute Gasteiger partial charge is 0.338 e. The first kappa shape index (κ1) is 27.4. The van der Waals surface area contributed by atoms with Gasteiger partial charge in [-0.15, -0.1) is 0 Å². The van der Waals surface area contributed by atoms with Crippen LogP contribution in [-0.2, 0) is 9.53 Å². The zero-order valence-electron chi connectivity index (χ0n) is 22.5. The van der Waals surface area contributed by atoms with Crippen molar-refractivity contribution in [3.8, 4) is 0 Å². The molecular weight excluding hydrogens is 492 g/mol. The number of rotatable bonds is 9. The topological polar surface area (TPSA) is 99.8 Å². The van der Waals surface area contributed by atoms with Crippen LogP contribution < -0.4 is 16.0 Å². The molecular formula is C31H34N4O4. The molecule has 0 radical (unpaired) electrons. The molecule has 3 aromatic carbocycles. The number of nitrogens with one attached hydrogen (secondary N) is 3. The van der Waals surface area contributed by atoms with E-state index in [0.29, 0.717) is 34.8 Å². The van der Waals surface area contributed by atoms with Crippen LogP contribution in [0.15, 0.2) is 84.4 Å². The summed E-state index contributed by atoms with van der Waals surface area (Å²) in [6, 6.07) is 22.5. The van der Waals surface area contributed by atoms with Crippen LogP contribution in [0.25, 0.3) is 5.70 Å². The van der Waals surface area contributed by atoms with Gasteiger partial charge in [-0.3, -0.25) is 4.90 Å². The summed E-state index contributed by atoms with van der Waals surface area (Å²) in [4.78, 5) is 41.2. The molecule has 0 spiro atoms. The number of hydrogen-bond donors (Lipinski definition) is 3. The van der Waals surface area contributed by atoms with Gasteiger partial charge in [0.05, 0.1) is 23.9 Å². The van der Waals surface area contributed by atoms with E-state index in [2.05, 4.69) is 22.9 Å². The van der Waals surface area contributed by atoms with Gasteiger partial charge in [-0.2, -0.15) is 0 Å². The lowest BCUT2D eigenvalue weighted by Gasteiger charge is -2.37. The fourth-order valence-electron chi connectivity index (χ4n) is 4.49. The second-order valence-electron chi connectivity index (χ2n) is 9.31. The van der Waals surface area contributed by atoms with E-state index in [4.69, 9.17) is 4.74 Å². The average Bonchev–Trinajstić information content (AvgIpc) is 2.93. The van der Waals surface area contributed by atoms with Crippen molar-refractivity contribution in [3.05, 3.63) is 101 Å². The van der Waals surface area contributed by atoms with Gasteiger partial charge >= 0.3 is 18.0 Å². The van der Waals surface area contributed by atoms with Crippen molar-refractivity contribution in [1.29, 1.82) is 0 Å². The van der Waals surface area contributed by atoms with Crippen LogP contribution in [0.5, 0.6) is 0 Å². The number of carbonyl (C=O) groups is 3. The number of amides is 4. The molecule has 3 N–H and O–H groups in total. The van der Waals surface area contributed by atoms with Gasteiger partial charge in [0.25, 0.3) is 0 Å². The fraction of sp³-hybridized carbons (Fsp3) is 0.258. The van der Waals surface area contributed by atoms with Gasteiger partial charge < -0.3 is 20.7 Å². The maximum absolute atomic E-state index is 13.4. The Morgan fingerprint density at radius 1 is 0.923 bits per heavy atom. The van der Waals surface area contributed by atoms with Gasteiger partial charge in [-0.05, 0) is 55.7 Å². The molecule has 8 heteroatoms. The molecule has 39 heavy (non-hydrogen) atoms. The van der Waals surface area contributed by atoms with E-state index in [0.717, 1.165) is 24.0 Å². The molecule has 4 rings (SSSR count). The number of carbonyl (C=O) groups excluding carboxylic acids is 3. The van der Waals surface area contributed by atoms with Crippen LogP contribution in [0.3, 0.4) is 0 Å². The highest BCUT2D eigenvalue weighted by atomic mass is 16.5. The van der Waals surface area contributed by atoms with Crippen LogP contribution in [0.4, 0.5) is 21.0 Å². The van der Waals surface area contributed by atoms with Crippen molar-refractivity contribution in [2.75, 3.05) is 23.8 Å². The summed E-state index contributed by atoms with van der Waals surface area (Å²) >= 11 is 0. The van der Waals surface area contributed by atoms with Gasteiger partial charge in [0.2, 0.25) is 0 Å². The second kappa shape index (κ2) is 12.8. The molecule has 0 saturated heterocycles. The number of nitrogens with zero attached hydrogens (tertiary/aromatic N) is 1. The molecule has 0 fully saturated rings. The lowest BCUT2D eigenvalue weighted by molar-refractivity contribution is -0.138. The highest BCUT2D eigenvalue weighted by Crippen LogP contribution is 2.37. The maximum Gasteiger partial charge on any atom is 0.338 e. The van der Waals surface area contributed by atoms with Crippen LogP contribution in [0, 0.1) is 6.92 Å². The lowest BCUT2D eigenvalue weighted by atomic mass is 9.91. The minimum atomic E-state index is -0.772. The van der Waals surface area contributed by atoms with E-state index >= 15 is 0 Å². The van der Waals surface area contributed by atoms with Gasteiger partial charge in [0.1, 0.15) is 0 Å². The first-order chi connectivity index (χ1) is 18.9. The number of urea groups is 2. The summed E-state index contributed by atoms with van der Waals surface area (Å²) in [5.74, 6) is -0.502. The molecule has 1 heterocycles. The minimum Gasteiger partial charge on any atom is -0.463 e. The number of esters is 1. The molecule has 202 valence electrons. The summed E-state index contributed by atoms with van der Waals surface area (Å²) in [5.41, 5.74) is 4.56. The molecule has 3 aromatic rings. The fourth-order valence-corrected chi connectivity index (χ4v) is 4.49. The summed E-state index contributed by atoms with van der Waals surface area (Å²) in [6.45, 7) is 6.44. The third-order valence-electron chi connectivity index (χ3n) is 6.39. The second-order valence-corrected chi connectivity index (χ2v) is 9.31. The zero-order chi connectivity index (χ0) is 27.8. The number of benzene rings is 3. The van der Waals surface area contributed by atoms with Crippen molar-refractivity contribution in [2.45, 2.75) is 39.7 Å². The SMILES string of the molecule is CCCCN1C(=O)NC(c2cccc(NC(=O)Nc3ccc(C)cc3)c2)C(C(=O)OCC)=C1c1ccccc1. The van der Waals surface area contributed by atoms with E-state index in [1.807, 2.05) is 67.6 Å². The number of anilines is 2. The molecule has 0 aliphatic carbocycles. The Morgan fingerprint density at radius 3 is 2.33 bits per heavy atom. The predicted octanol–water partition coefficient (Wildman–Crippen LogP) is 6.48. The van der Waals surface area contributed by atoms with E-state index in [-0.39, 0.29) is 12.6 Å². The summed E-state index contributed by atoms with van der Waals surface area (Å²) in [6.07, 6.45) is 1.67. The highest BCUT2D eigenvalue weighted by Gasteiger charge is 2.38. The van der Waals surface area contributed by atoms with Crippen LogP contribution in [-0.4, -0.2) is 36.1 Å². The molecule has 1 aliphatic heterocycles. The normalized spacial score (nSPS) is 15.0. The zero-order valence-corrected chi connectivity index (χ0v) is 22.5. The van der Waals surface area contributed by atoms with Crippen molar-refractivity contribution < 1.29 is 19.1 Å². The van der Waals surface area contributed by atoms with Gasteiger partial charge in [-0.1, -0.05) is 73.5 Å². The molecule has 1 aliphatic rings. The van der Waals surface area contributed by atoms with Gasteiger partial charge in [0.15, 0.2) is 0 Å². The Balaban J connectivity index is 1.72. The lowest BCUT2D eigenvalue weighted by Crippen LogP contribution is -2.48. The van der Waals surface area contributed by atoms with Crippen molar-refractivity contribution >= 4 is 35.1 Å². The Bertz CT molecular complexity index is 1350. The quantitative estimate of drug-likeness (QED) is 0.278.